The molecule has 0 spiro atoms. The number of rotatable bonds is 5. The molecule has 0 radical (unpaired) electrons. The summed E-state index contributed by atoms with van der Waals surface area (Å²) in [6.07, 6.45) is 4.70. The van der Waals surface area contributed by atoms with Crippen LogP contribution in [0.25, 0.3) is 28.1 Å². The highest BCUT2D eigenvalue weighted by Gasteiger charge is 2.16. The smallest absolute Gasteiger partial charge is 0.290 e. The van der Waals surface area contributed by atoms with E-state index in [1.807, 2.05) is 36.5 Å². The van der Waals surface area contributed by atoms with Gasteiger partial charge in [0.2, 0.25) is 0 Å². The number of aromatic nitrogens is 3. The monoisotopic (exact) mass is 477 g/mol. The first-order valence-corrected chi connectivity index (χ1v) is 11.6. The normalized spacial score (nSPS) is 14.5. The standard InChI is InChI=1S/C25H26ClN5.CH2O2/c1-29-13-15-30(16-14-29)12-10-19-3-2-4-20(17-19)25-28-23-9-11-27-18-24(23)31(25)22-7-5-21(26)6-8-22;2-1-3/h2-9,11,17-18H,10,12-16H2,1H3;1H,(H,2,3). The minimum atomic E-state index is -0.250. The molecule has 34 heavy (non-hydrogen) atoms. The van der Waals surface area contributed by atoms with Crippen molar-refractivity contribution in [2.45, 2.75) is 6.42 Å². The highest BCUT2D eigenvalue weighted by atomic mass is 35.5. The van der Waals surface area contributed by atoms with Gasteiger partial charge in [-0.25, -0.2) is 4.98 Å². The third kappa shape index (κ3) is 5.62. The van der Waals surface area contributed by atoms with Gasteiger partial charge in [0.1, 0.15) is 5.82 Å². The molecule has 0 saturated carbocycles. The van der Waals surface area contributed by atoms with Gasteiger partial charge in [-0.05, 0) is 55.4 Å². The average molecular weight is 478 g/mol. The van der Waals surface area contributed by atoms with Gasteiger partial charge in [-0.3, -0.25) is 14.3 Å². The number of pyridine rings is 1. The number of nitrogens with zero attached hydrogens (tertiary/aromatic N) is 5. The first-order chi connectivity index (χ1) is 16.6. The lowest BCUT2D eigenvalue weighted by atomic mass is 10.1. The lowest BCUT2D eigenvalue weighted by Crippen LogP contribution is -2.45. The number of benzene rings is 2. The number of piperazine rings is 1. The first-order valence-electron chi connectivity index (χ1n) is 11.3. The van der Waals surface area contributed by atoms with Gasteiger partial charge < -0.3 is 14.9 Å². The van der Waals surface area contributed by atoms with Crippen molar-refractivity contribution in [1.82, 2.24) is 24.3 Å². The van der Waals surface area contributed by atoms with Crippen molar-refractivity contribution in [3.8, 4) is 17.1 Å². The van der Waals surface area contributed by atoms with Crippen molar-refractivity contribution in [2.24, 2.45) is 0 Å². The van der Waals surface area contributed by atoms with E-state index in [1.54, 1.807) is 6.20 Å². The van der Waals surface area contributed by atoms with Crippen molar-refractivity contribution < 1.29 is 9.90 Å². The minimum Gasteiger partial charge on any atom is -0.483 e. The molecule has 2 aromatic heterocycles. The Bertz CT molecular complexity index is 1230. The second kappa shape index (κ2) is 11.2. The van der Waals surface area contributed by atoms with Crippen LogP contribution in [0.5, 0.6) is 0 Å². The van der Waals surface area contributed by atoms with Gasteiger partial charge in [0.15, 0.2) is 0 Å². The van der Waals surface area contributed by atoms with Gasteiger partial charge in [-0.1, -0.05) is 29.8 Å². The number of hydrogen-bond donors (Lipinski definition) is 1. The molecule has 0 bridgehead atoms. The van der Waals surface area contributed by atoms with Crippen molar-refractivity contribution in [2.75, 3.05) is 39.8 Å². The second-order valence-electron chi connectivity index (χ2n) is 8.31. The molecule has 7 nitrogen and oxygen atoms in total. The fraction of sp³-hybridized carbons (Fsp3) is 0.269. The van der Waals surface area contributed by atoms with Crippen LogP contribution in [0.3, 0.4) is 0 Å². The molecule has 0 aliphatic carbocycles. The maximum absolute atomic E-state index is 8.36. The van der Waals surface area contributed by atoms with Crippen LogP contribution in [0, 0.1) is 0 Å². The molecule has 176 valence electrons. The van der Waals surface area contributed by atoms with Crippen LogP contribution in [0.4, 0.5) is 0 Å². The quantitative estimate of drug-likeness (QED) is 0.433. The lowest BCUT2D eigenvalue weighted by molar-refractivity contribution is -0.122. The van der Waals surface area contributed by atoms with Crippen molar-refractivity contribution in [1.29, 1.82) is 0 Å². The van der Waals surface area contributed by atoms with Gasteiger partial charge in [0.25, 0.3) is 6.47 Å². The van der Waals surface area contributed by atoms with E-state index >= 15 is 0 Å². The van der Waals surface area contributed by atoms with Crippen LogP contribution >= 0.6 is 11.6 Å². The summed E-state index contributed by atoms with van der Waals surface area (Å²) in [4.78, 5) is 22.6. The molecule has 3 heterocycles. The largest absolute Gasteiger partial charge is 0.483 e. The number of imidazole rings is 1. The van der Waals surface area contributed by atoms with Crippen molar-refractivity contribution in [3.05, 3.63) is 77.6 Å². The lowest BCUT2D eigenvalue weighted by Gasteiger charge is -2.32. The Labute approximate surface area is 204 Å². The third-order valence-electron chi connectivity index (χ3n) is 6.04. The predicted molar refractivity (Wildman–Crippen MR) is 136 cm³/mol. The van der Waals surface area contributed by atoms with E-state index in [1.165, 1.54) is 5.56 Å². The molecule has 1 saturated heterocycles. The van der Waals surface area contributed by atoms with E-state index < -0.39 is 0 Å². The highest BCUT2D eigenvalue weighted by molar-refractivity contribution is 6.30. The van der Waals surface area contributed by atoms with E-state index in [4.69, 9.17) is 26.5 Å². The molecular formula is C26H28ClN5O2. The van der Waals surface area contributed by atoms with Crippen LogP contribution in [0.15, 0.2) is 67.0 Å². The van der Waals surface area contributed by atoms with E-state index in [-0.39, 0.29) is 6.47 Å². The Balaban J connectivity index is 0.000000868. The fourth-order valence-corrected chi connectivity index (χ4v) is 4.32. The Kier molecular flexibility index (Phi) is 7.90. The summed E-state index contributed by atoms with van der Waals surface area (Å²) >= 11 is 6.13. The summed E-state index contributed by atoms with van der Waals surface area (Å²) in [6, 6.07) is 18.6. The maximum Gasteiger partial charge on any atom is 0.290 e. The number of halogens is 1. The first kappa shape index (κ1) is 23.9. The highest BCUT2D eigenvalue weighted by Crippen LogP contribution is 2.29. The average Bonchev–Trinajstić information content (AvgIpc) is 3.25. The predicted octanol–water partition coefficient (Wildman–Crippen LogP) is 4.23. The molecule has 1 aliphatic heterocycles. The van der Waals surface area contributed by atoms with Crippen LogP contribution in [-0.4, -0.2) is 75.7 Å². The minimum absolute atomic E-state index is 0.250. The molecule has 1 N–H and O–H groups in total. The van der Waals surface area contributed by atoms with Gasteiger partial charge in [0.05, 0.1) is 17.2 Å². The summed E-state index contributed by atoms with van der Waals surface area (Å²) < 4.78 is 2.16. The Hall–Kier alpha value is -3.26. The zero-order valence-electron chi connectivity index (χ0n) is 19.1. The summed E-state index contributed by atoms with van der Waals surface area (Å²) in [6.45, 7) is 5.44. The van der Waals surface area contributed by atoms with Crippen LogP contribution in [-0.2, 0) is 11.2 Å². The summed E-state index contributed by atoms with van der Waals surface area (Å²) in [7, 11) is 2.20. The molecule has 2 aromatic carbocycles. The number of fused-ring (bicyclic) bond motifs is 1. The van der Waals surface area contributed by atoms with E-state index in [0.717, 1.165) is 72.3 Å². The molecule has 1 fully saturated rings. The SMILES string of the molecule is CN1CCN(CCc2cccc(-c3nc4ccncc4n3-c3ccc(Cl)cc3)c2)CC1.O=CO. The second-order valence-corrected chi connectivity index (χ2v) is 8.75. The zero-order chi connectivity index (χ0) is 23.9. The molecule has 0 unspecified atom stereocenters. The Morgan fingerprint density at radius 3 is 2.53 bits per heavy atom. The number of carboxylic acid groups (broad SMARTS) is 1. The van der Waals surface area contributed by atoms with E-state index in [9.17, 15) is 0 Å². The van der Waals surface area contributed by atoms with Crippen LogP contribution in [0.1, 0.15) is 5.56 Å². The van der Waals surface area contributed by atoms with Crippen molar-refractivity contribution >= 4 is 29.1 Å². The molecular weight excluding hydrogens is 450 g/mol. The fourth-order valence-electron chi connectivity index (χ4n) is 4.19. The van der Waals surface area contributed by atoms with Gasteiger partial charge in [-0.2, -0.15) is 0 Å². The third-order valence-corrected chi connectivity index (χ3v) is 6.29. The van der Waals surface area contributed by atoms with Gasteiger partial charge >= 0.3 is 0 Å². The van der Waals surface area contributed by atoms with Gasteiger partial charge in [0, 0.05) is 55.2 Å². The molecule has 5 rings (SSSR count). The number of likely N-dealkylation sites (N-methyl/N-ethyl adjacent to an activating group) is 1. The summed E-state index contributed by atoms with van der Waals surface area (Å²) in [5.74, 6) is 0.923. The van der Waals surface area contributed by atoms with Gasteiger partial charge in [-0.15, -0.1) is 0 Å². The van der Waals surface area contributed by atoms with Crippen LogP contribution < -0.4 is 0 Å². The molecule has 4 aromatic rings. The van der Waals surface area contributed by atoms with E-state index in [0.29, 0.717) is 0 Å². The summed E-state index contributed by atoms with van der Waals surface area (Å²) in [5.41, 5.74) is 5.40. The topological polar surface area (TPSA) is 74.5 Å². The Morgan fingerprint density at radius 2 is 1.79 bits per heavy atom. The molecule has 0 atom stereocenters. The van der Waals surface area contributed by atoms with Crippen LogP contribution in [0.2, 0.25) is 5.02 Å². The summed E-state index contributed by atoms with van der Waals surface area (Å²) in [5, 5.41) is 7.61. The van der Waals surface area contributed by atoms with Crippen molar-refractivity contribution in [3.63, 3.8) is 0 Å². The molecule has 0 amide bonds. The maximum atomic E-state index is 8.36. The zero-order valence-corrected chi connectivity index (χ0v) is 19.9. The number of hydrogen-bond acceptors (Lipinski definition) is 5. The Morgan fingerprint density at radius 1 is 1.06 bits per heavy atom. The van der Waals surface area contributed by atoms with E-state index in [2.05, 4.69) is 50.7 Å². The number of carbonyl (C=O) groups is 1. The molecule has 1 aliphatic rings. The molecule has 8 heteroatoms.